The lowest BCUT2D eigenvalue weighted by Crippen LogP contribution is -1.88. The van der Waals surface area contributed by atoms with Gasteiger partial charge in [0.15, 0.2) is 0 Å². The Morgan fingerprint density at radius 2 is 1.50 bits per heavy atom. The van der Waals surface area contributed by atoms with Gasteiger partial charge in [-0.25, -0.2) is 0 Å². The molecule has 0 saturated heterocycles. The van der Waals surface area contributed by atoms with Gasteiger partial charge in [-0.05, 0) is 35.8 Å². The van der Waals surface area contributed by atoms with Crippen molar-refractivity contribution in [3.05, 3.63) is 107 Å². The first kappa shape index (κ1) is 14.5. The molecule has 0 radical (unpaired) electrons. The van der Waals surface area contributed by atoms with Crippen molar-refractivity contribution in [2.75, 3.05) is 0 Å². The van der Waals surface area contributed by atoms with Crippen LogP contribution in [0.5, 0.6) is 0 Å². The number of rotatable bonds is 3. The topological polar surface area (TPSA) is 15.8 Å². The van der Waals surface area contributed by atoms with E-state index in [2.05, 4.69) is 96.8 Å². The van der Waals surface area contributed by atoms with Gasteiger partial charge >= 0.3 is 0 Å². The number of para-hydroxylation sites is 1. The highest BCUT2D eigenvalue weighted by atomic mass is 14.7. The van der Waals surface area contributed by atoms with Gasteiger partial charge in [0.05, 0.1) is 0 Å². The van der Waals surface area contributed by atoms with Gasteiger partial charge in [0, 0.05) is 22.2 Å². The molecule has 0 atom stereocenters. The zero-order chi connectivity index (χ0) is 16.4. The molecule has 1 heterocycles. The largest absolute Gasteiger partial charge is 0.354 e. The molecule has 0 aliphatic carbocycles. The fourth-order valence-electron chi connectivity index (χ4n) is 3.10. The highest BCUT2D eigenvalue weighted by molar-refractivity contribution is 5.95. The highest BCUT2D eigenvalue weighted by Gasteiger charge is 2.09. The molecule has 0 amide bonds. The van der Waals surface area contributed by atoms with E-state index in [4.69, 9.17) is 0 Å². The van der Waals surface area contributed by atoms with Crippen molar-refractivity contribution in [2.45, 2.75) is 6.92 Å². The Balaban J connectivity index is 1.92. The first-order valence-electron chi connectivity index (χ1n) is 8.22. The summed E-state index contributed by atoms with van der Waals surface area (Å²) in [5.41, 5.74) is 7.25. The molecule has 1 aromatic heterocycles. The van der Waals surface area contributed by atoms with E-state index in [0.717, 1.165) is 5.69 Å². The number of aromatic amines is 1. The lowest BCUT2D eigenvalue weighted by molar-refractivity contribution is 1.37. The summed E-state index contributed by atoms with van der Waals surface area (Å²) in [4.78, 5) is 3.61. The summed E-state index contributed by atoms with van der Waals surface area (Å²) in [6.45, 7) is 2.14. The van der Waals surface area contributed by atoms with Crippen molar-refractivity contribution in [3.63, 3.8) is 0 Å². The Labute approximate surface area is 142 Å². The van der Waals surface area contributed by atoms with Gasteiger partial charge in [-0.2, -0.15) is 0 Å². The Hall–Kier alpha value is -3.06. The van der Waals surface area contributed by atoms with Gasteiger partial charge in [-0.15, -0.1) is 0 Å². The summed E-state index contributed by atoms with van der Waals surface area (Å²) in [5, 5.41) is 1.25. The van der Waals surface area contributed by atoms with Crippen LogP contribution in [-0.4, -0.2) is 4.98 Å². The summed E-state index contributed by atoms with van der Waals surface area (Å²) < 4.78 is 0. The molecule has 24 heavy (non-hydrogen) atoms. The van der Waals surface area contributed by atoms with E-state index in [9.17, 15) is 0 Å². The second-order valence-electron chi connectivity index (χ2n) is 6.06. The summed E-state index contributed by atoms with van der Waals surface area (Å²) in [5.74, 6) is 0. The molecule has 0 aliphatic rings. The minimum Gasteiger partial charge on any atom is -0.354 e. The average Bonchev–Trinajstić information content (AvgIpc) is 3.07. The first-order valence-corrected chi connectivity index (χ1v) is 8.22. The van der Waals surface area contributed by atoms with Crippen LogP contribution in [0.4, 0.5) is 0 Å². The monoisotopic (exact) mass is 309 g/mol. The number of hydrogen-bond donors (Lipinski definition) is 1. The zero-order valence-corrected chi connectivity index (χ0v) is 13.7. The second-order valence-corrected chi connectivity index (χ2v) is 6.06. The second kappa shape index (κ2) is 6.21. The number of aromatic nitrogens is 1. The number of H-pyrrole nitrogens is 1. The molecule has 0 bridgehead atoms. The molecule has 4 rings (SSSR count). The Kier molecular flexibility index (Phi) is 3.76. The summed E-state index contributed by atoms with van der Waals surface area (Å²) >= 11 is 0. The van der Waals surface area contributed by atoms with E-state index < -0.39 is 0 Å². The average molecular weight is 309 g/mol. The lowest BCUT2D eigenvalue weighted by Gasteiger charge is -2.07. The van der Waals surface area contributed by atoms with Crippen LogP contribution in [0.3, 0.4) is 0 Å². The van der Waals surface area contributed by atoms with Crippen molar-refractivity contribution in [1.82, 2.24) is 4.98 Å². The molecule has 0 spiro atoms. The SMILES string of the molecule is Cc1cccc2cc(/C(=C\c3ccccc3)c3ccccc3)[nH]c12. The van der Waals surface area contributed by atoms with Gasteiger partial charge in [0.25, 0.3) is 0 Å². The number of nitrogens with one attached hydrogen (secondary N) is 1. The summed E-state index contributed by atoms with van der Waals surface area (Å²) in [6.07, 6.45) is 2.25. The maximum atomic E-state index is 3.61. The minimum atomic E-state index is 1.15. The summed E-state index contributed by atoms with van der Waals surface area (Å²) in [6, 6.07) is 29.7. The quantitative estimate of drug-likeness (QED) is 0.442. The third-order valence-electron chi connectivity index (χ3n) is 4.35. The van der Waals surface area contributed by atoms with Gasteiger partial charge in [0.2, 0.25) is 0 Å². The smallest absolute Gasteiger partial charge is 0.0488 e. The van der Waals surface area contributed by atoms with Crippen molar-refractivity contribution in [2.24, 2.45) is 0 Å². The fourth-order valence-corrected chi connectivity index (χ4v) is 3.10. The zero-order valence-electron chi connectivity index (χ0n) is 13.7. The van der Waals surface area contributed by atoms with E-state index in [-0.39, 0.29) is 0 Å². The first-order chi connectivity index (χ1) is 11.8. The lowest BCUT2D eigenvalue weighted by atomic mass is 10.00. The van der Waals surface area contributed by atoms with E-state index in [1.807, 2.05) is 6.07 Å². The van der Waals surface area contributed by atoms with Crippen LogP contribution >= 0.6 is 0 Å². The van der Waals surface area contributed by atoms with Gasteiger partial charge in [0.1, 0.15) is 0 Å². The van der Waals surface area contributed by atoms with Gasteiger partial charge in [-0.3, -0.25) is 0 Å². The van der Waals surface area contributed by atoms with Crippen LogP contribution < -0.4 is 0 Å². The minimum absolute atomic E-state index is 1.15. The summed E-state index contributed by atoms with van der Waals surface area (Å²) in [7, 11) is 0. The molecular formula is C23H19N. The van der Waals surface area contributed by atoms with E-state index in [1.54, 1.807) is 0 Å². The van der Waals surface area contributed by atoms with Crippen LogP contribution in [0.25, 0.3) is 22.6 Å². The molecule has 4 aromatic rings. The van der Waals surface area contributed by atoms with Crippen molar-refractivity contribution >= 4 is 22.6 Å². The predicted octanol–water partition coefficient (Wildman–Crippen LogP) is 6.07. The van der Waals surface area contributed by atoms with Crippen LogP contribution in [0.1, 0.15) is 22.4 Å². The van der Waals surface area contributed by atoms with Crippen LogP contribution in [0.2, 0.25) is 0 Å². The molecular weight excluding hydrogens is 290 g/mol. The number of aryl methyl sites for hydroxylation is 1. The molecule has 0 unspecified atom stereocenters. The maximum Gasteiger partial charge on any atom is 0.0488 e. The van der Waals surface area contributed by atoms with Crippen molar-refractivity contribution in [1.29, 1.82) is 0 Å². The third kappa shape index (κ3) is 2.77. The molecule has 1 N–H and O–H groups in total. The fraction of sp³-hybridized carbons (Fsp3) is 0.0435. The number of benzene rings is 3. The van der Waals surface area contributed by atoms with Crippen molar-refractivity contribution in [3.8, 4) is 0 Å². The molecule has 3 aromatic carbocycles. The molecule has 0 aliphatic heterocycles. The third-order valence-corrected chi connectivity index (χ3v) is 4.35. The molecule has 116 valence electrons. The Morgan fingerprint density at radius 3 is 2.21 bits per heavy atom. The van der Waals surface area contributed by atoms with E-state index >= 15 is 0 Å². The van der Waals surface area contributed by atoms with Gasteiger partial charge < -0.3 is 4.98 Å². The normalized spacial score (nSPS) is 11.8. The van der Waals surface area contributed by atoms with Crippen molar-refractivity contribution < 1.29 is 0 Å². The van der Waals surface area contributed by atoms with E-state index in [1.165, 1.54) is 33.2 Å². The molecule has 0 fully saturated rings. The van der Waals surface area contributed by atoms with Gasteiger partial charge in [-0.1, -0.05) is 78.9 Å². The number of hydrogen-bond acceptors (Lipinski definition) is 0. The molecule has 1 heteroatoms. The molecule has 1 nitrogen and oxygen atoms in total. The van der Waals surface area contributed by atoms with Crippen LogP contribution in [0.15, 0.2) is 84.9 Å². The standard InChI is InChI=1S/C23H19N/c1-17-9-8-14-20-16-22(24-23(17)20)21(19-12-6-3-7-13-19)15-18-10-4-2-5-11-18/h2-16,24H,1H3/b21-15-. The van der Waals surface area contributed by atoms with Crippen LogP contribution in [0, 0.1) is 6.92 Å². The van der Waals surface area contributed by atoms with Crippen LogP contribution in [-0.2, 0) is 0 Å². The predicted molar refractivity (Wildman–Crippen MR) is 103 cm³/mol. The van der Waals surface area contributed by atoms with E-state index in [0.29, 0.717) is 0 Å². The number of fused-ring (bicyclic) bond motifs is 1. The maximum absolute atomic E-state index is 3.61. The molecule has 0 saturated carbocycles. The Bertz CT molecular complexity index is 992. The highest BCUT2D eigenvalue weighted by Crippen LogP contribution is 2.29. The Morgan fingerprint density at radius 1 is 0.792 bits per heavy atom.